The standard InChI is InChI=1S/C24H17FN4O2/c25-19-11-13-20(14-12-19)29-22(30)16-15-21(28-29)24(31)27-26-23(17-7-3-1-4-8-17)18-9-5-2-6-10-18/h1-16H,(H,27,31). The van der Waals surface area contributed by atoms with Crippen LogP contribution in [0.25, 0.3) is 5.69 Å². The molecule has 1 aromatic heterocycles. The highest BCUT2D eigenvalue weighted by molar-refractivity contribution is 6.13. The van der Waals surface area contributed by atoms with Crippen LogP contribution in [0.2, 0.25) is 0 Å². The Labute approximate surface area is 177 Å². The summed E-state index contributed by atoms with van der Waals surface area (Å²) in [6.45, 7) is 0. The summed E-state index contributed by atoms with van der Waals surface area (Å²) in [5.74, 6) is -1.02. The van der Waals surface area contributed by atoms with E-state index >= 15 is 0 Å². The first-order valence-electron chi connectivity index (χ1n) is 9.47. The smallest absolute Gasteiger partial charge is 0.267 e. The van der Waals surface area contributed by atoms with Crippen LogP contribution in [0, 0.1) is 5.82 Å². The van der Waals surface area contributed by atoms with Crippen molar-refractivity contribution in [2.75, 3.05) is 0 Å². The highest BCUT2D eigenvalue weighted by Crippen LogP contribution is 2.11. The predicted octanol–water partition coefficient (Wildman–Crippen LogP) is 3.55. The lowest BCUT2D eigenvalue weighted by Crippen LogP contribution is -2.27. The molecule has 0 spiro atoms. The second-order valence-electron chi connectivity index (χ2n) is 6.58. The van der Waals surface area contributed by atoms with Crippen molar-refractivity contribution >= 4 is 11.6 Å². The summed E-state index contributed by atoms with van der Waals surface area (Å²) in [5.41, 5.74) is 4.66. The van der Waals surface area contributed by atoms with Crippen LogP contribution in [0.4, 0.5) is 4.39 Å². The third kappa shape index (κ3) is 4.62. The quantitative estimate of drug-likeness (QED) is 0.402. The fourth-order valence-corrected chi connectivity index (χ4v) is 2.95. The zero-order valence-corrected chi connectivity index (χ0v) is 16.3. The van der Waals surface area contributed by atoms with Gasteiger partial charge in [0.1, 0.15) is 5.82 Å². The highest BCUT2D eigenvalue weighted by Gasteiger charge is 2.12. The molecular weight excluding hydrogens is 395 g/mol. The van der Waals surface area contributed by atoms with Crippen molar-refractivity contribution in [3.63, 3.8) is 0 Å². The molecule has 0 atom stereocenters. The van der Waals surface area contributed by atoms with E-state index in [-0.39, 0.29) is 5.69 Å². The Hall–Kier alpha value is -4.39. The van der Waals surface area contributed by atoms with E-state index in [1.54, 1.807) is 0 Å². The van der Waals surface area contributed by atoms with Crippen LogP contribution in [0.15, 0.2) is 107 Å². The average Bonchev–Trinajstić information content (AvgIpc) is 2.81. The van der Waals surface area contributed by atoms with Gasteiger partial charge in [0.25, 0.3) is 11.5 Å². The Bertz CT molecular complexity index is 1240. The van der Waals surface area contributed by atoms with E-state index in [9.17, 15) is 14.0 Å². The predicted molar refractivity (Wildman–Crippen MR) is 116 cm³/mol. The molecule has 0 saturated heterocycles. The summed E-state index contributed by atoms with van der Waals surface area (Å²) >= 11 is 0. The zero-order valence-electron chi connectivity index (χ0n) is 16.3. The number of carbonyl (C=O) groups excluding carboxylic acids is 1. The summed E-state index contributed by atoms with van der Waals surface area (Å²) in [7, 11) is 0. The molecule has 0 bridgehead atoms. The maximum absolute atomic E-state index is 13.2. The van der Waals surface area contributed by atoms with Gasteiger partial charge in [-0.15, -0.1) is 0 Å². The van der Waals surface area contributed by atoms with E-state index in [1.807, 2.05) is 60.7 Å². The second kappa shape index (κ2) is 8.96. The Morgan fingerprint density at radius 1 is 0.806 bits per heavy atom. The van der Waals surface area contributed by atoms with Crippen LogP contribution in [-0.4, -0.2) is 21.4 Å². The number of hydrogen-bond donors (Lipinski definition) is 1. The molecule has 6 nitrogen and oxygen atoms in total. The minimum absolute atomic E-state index is 0.00634. The van der Waals surface area contributed by atoms with Gasteiger partial charge in [-0.1, -0.05) is 60.7 Å². The lowest BCUT2D eigenvalue weighted by Gasteiger charge is -2.09. The van der Waals surface area contributed by atoms with E-state index in [0.717, 1.165) is 15.8 Å². The van der Waals surface area contributed by atoms with Crippen LogP contribution in [0.3, 0.4) is 0 Å². The fraction of sp³-hybridized carbons (Fsp3) is 0. The number of nitrogens with zero attached hydrogens (tertiary/aromatic N) is 3. The molecule has 0 saturated carbocycles. The number of amides is 1. The lowest BCUT2D eigenvalue weighted by molar-refractivity contribution is 0.0948. The van der Waals surface area contributed by atoms with Gasteiger partial charge in [-0.25, -0.2) is 9.82 Å². The molecule has 1 heterocycles. The second-order valence-corrected chi connectivity index (χ2v) is 6.58. The van der Waals surface area contributed by atoms with Crippen molar-refractivity contribution in [2.24, 2.45) is 5.10 Å². The summed E-state index contributed by atoms with van der Waals surface area (Å²) in [5, 5.41) is 8.41. The zero-order chi connectivity index (χ0) is 21.6. The summed E-state index contributed by atoms with van der Waals surface area (Å²) in [6, 6.07) is 26.7. The first-order valence-corrected chi connectivity index (χ1v) is 9.47. The Morgan fingerprint density at radius 3 is 1.97 bits per heavy atom. The Morgan fingerprint density at radius 2 is 1.39 bits per heavy atom. The van der Waals surface area contributed by atoms with E-state index in [0.29, 0.717) is 11.4 Å². The Kier molecular flexibility index (Phi) is 5.75. The molecule has 0 radical (unpaired) electrons. The van der Waals surface area contributed by atoms with Crippen molar-refractivity contribution < 1.29 is 9.18 Å². The average molecular weight is 412 g/mol. The van der Waals surface area contributed by atoms with Crippen molar-refractivity contribution in [1.82, 2.24) is 15.2 Å². The number of hydrazone groups is 1. The van der Waals surface area contributed by atoms with Gasteiger partial charge < -0.3 is 0 Å². The molecule has 1 amide bonds. The highest BCUT2D eigenvalue weighted by atomic mass is 19.1. The Balaban J connectivity index is 1.65. The topological polar surface area (TPSA) is 76.3 Å². The number of benzene rings is 3. The van der Waals surface area contributed by atoms with Gasteiger partial charge in [-0.2, -0.15) is 14.9 Å². The van der Waals surface area contributed by atoms with Crippen molar-refractivity contribution in [3.8, 4) is 5.69 Å². The van der Waals surface area contributed by atoms with Crippen molar-refractivity contribution in [2.45, 2.75) is 0 Å². The molecule has 4 aromatic rings. The van der Waals surface area contributed by atoms with E-state index in [1.165, 1.54) is 36.4 Å². The lowest BCUT2D eigenvalue weighted by atomic mass is 10.0. The number of halogens is 1. The fourth-order valence-electron chi connectivity index (χ4n) is 2.95. The van der Waals surface area contributed by atoms with Gasteiger partial charge in [0, 0.05) is 17.2 Å². The number of carbonyl (C=O) groups is 1. The SMILES string of the molecule is O=C(NN=C(c1ccccc1)c1ccccc1)c1ccc(=O)n(-c2ccc(F)cc2)n1. The minimum Gasteiger partial charge on any atom is -0.267 e. The summed E-state index contributed by atoms with van der Waals surface area (Å²) in [6.07, 6.45) is 0. The van der Waals surface area contributed by atoms with Crippen molar-refractivity contribution in [3.05, 3.63) is 130 Å². The molecule has 0 fully saturated rings. The van der Waals surface area contributed by atoms with E-state index in [4.69, 9.17) is 0 Å². The van der Waals surface area contributed by atoms with Gasteiger partial charge in [-0.3, -0.25) is 9.59 Å². The molecule has 152 valence electrons. The molecule has 0 unspecified atom stereocenters. The molecule has 0 aliphatic rings. The molecule has 3 aromatic carbocycles. The first-order chi connectivity index (χ1) is 15.1. The molecule has 0 aliphatic carbocycles. The maximum Gasteiger partial charge on any atom is 0.291 e. The monoisotopic (exact) mass is 412 g/mol. The number of hydrogen-bond acceptors (Lipinski definition) is 4. The minimum atomic E-state index is -0.583. The molecule has 1 N–H and O–H groups in total. The van der Waals surface area contributed by atoms with Crippen LogP contribution >= 0.6 is 0 Å². The molecule has 7 heteroatoms. The van der Waals surface area contributed by atoms with Gasteiger partial charge in [-0.05, 0) is 30.3 Å². The number of nitrogens with one attached hydrogen (secondary N) is 1. The summed E-state index contributed by atoms with van der Waals surface area (Å²) < 4.78 is 14.2. The van der Waals surface area contributed by atoms with Crippen LogP contribution < -0.4 is 11.0 Å². The van der Waals surface area contributed by atoms with Gasteiger partial charge in [0.2, 0.25) is 0 Å². The molecule has 0 aliphatic heterocycles. The van der Waals surface area contributed by atoms with Crippen molar-refractivity contribution in [1.29, 1.82) is 0 Å². The largest absolute Gasteiger partial charge is 0.291 e. The normalized spacial score (nSPS) is 10.4. The molecular formula is C24H17FN4O2. The third-order valence-electron chi connectivity index (χ3n) is 4.47. The van der Waals surface area contributed by atoms with Gasteiger partial charge in [0.15, 0.2) is 5.69 Å². The number of aromatic nitrogens is 2. The maximum atomic E-state index is 13.2. The van der Waals surface area contributed by atoms with E-state index in [2.05, 4.69) is 15.6 Å². The van der Waals surface area contributed by atoms with Crippen LogP contribution in [-0.2, 0) is 0 Å². The first kappa shape index (κ1) is 19.9. The number of rotatable bonds is 5. The third-order valence-corrected chi connectivity index (χ3v) is 4.47. The van der Waals surface area contributed by atoms with Crippen LogP contribution in [0.5, 0.6) is 0 Å². The molecule has 31 heavy (non-hydrogen) atoms. The summed E-state index contributed by atoms with van der Waals surface area (Å²) in [4.78, 5) is 24.9. The van der Waals surface area contributed by atoms with Gasteiger partial charge >= 0.3 is 0 Å². The van der Waals surface area contributed by atoms with Gasteiger partial charge in [0.05, 0.1) is 11.4 Å². The van der Waals surface area contributed by atoms with Crippen LogP contribution in [0.1, 0.15) is 21.6 Å². The molecule has 4 rings (SSSR count). The van der Waals surface area contributed by atoms with E-state index < -0.39 is 17.3 Å².